The van der Waals surface area contributed by atoms with E-state index in [0.29, 0.717) is 18.9 Å². The van der Waals surface area contributed by atoms with Gasteiger partial charge in [0.25, 0.3) is 5.91 Å². The van der Waals surface area contributed by atoms with Gasteiger partial charge in [0.05, 0.1) is 18.7 Å². The van der Waals surface area contributed by atoms with Gasteiger partial charge < -0.3 is 15.0 Å². The molecule has 1 atom stereocenters. The predicted molar refractivity (Wildman–Crippen MR) is 94.6 cm³/mol. The normalized spacial score (nSPS) is 17.1. The lowest BCUT2D eigenvalue weighted by molar-refractivity contribution is 0.0907. The molecule has 1 amide bonds. The van der Waals surface area contributed by atoms with E-state index in [1.54, 1.807) is 0 Å². The first kappa shape index (κ1) is 16.8. The number of hydrogen-bond acceptors (Lipinski definition) is 4. The van der Waals surface area contributed by atoms with Crippen molar-refractivity contribution in [1.82, 2.24) is 14.7 Å². The standard InChI is InChI=1S/C18H26N4O2/c1-13(18(2,3)4)19-16(23)15-14-7-5-6-8-22(14)17(20-15)21-9-11-24-12-10-21/h5-8,13H,9-12H2,1-4H3,(H,19,23)/t13-/m1/s1. The molecule has 1 saturated heterocycles. The molecule has 1 N–H and O–H groups in total. The summed E-state index contributed by atoms with van der Waals surface area (Å²) in [6, 6.07) is 5.88. The third-order valence-electron chi connectivity index (χ3n) is 4.69. The molecule has 6 nitrogen and oxygen atoms in total. The van der Waals surface area contributed by atoms with Crippen molar-refractivity contribution < 1.29 is 9.53 Å². The van der Waals surface area contributed by atoms with Gasteiger partial charge in [-0.3, -0.25) is 9.20 Å². The van der Waals surface area contributed by atoms with Crippen LogP contribution in [0.3, 0.4) is 0 Å². The molecule has 1 aliphatic heterocycles. The molecule has 6 heteroatoms. The fourth-order valence-electron chi connectivity index (χ4n) is 2.66. The van der Waals surface area contributed by atoms with Crippen molar-refractivity contribution in [1.29, 1.82) is 0 Å². The number of nitrogens with zero attached hydrogens (tertiary/aromatic N) is 3. The number of hydrogen-bond donors (Lipinski definition) is 1. The zero-order valence-electron chi connectivity index (χ0n) is 14.9. The van der Waals surface area contributed by atoms with Crippen LogP contribution in [0.25, 0.3) is 5.52 Å². The van der Waals surface area contributed by atoms with Crippen LogP contribution in [-0.2, 0) is 4.74 Å². The number of pyridine rings is 1. The first-order valence-corrected chi connectivity index (χ1v) is 8.48. The van der Waals surface area contributed by atoms with Crippen molar-refractivity contribution in [3.63, 3.8) is 0 Å². The van der Waals surface area contributed by atoms with E-state index >= 15 is 0 Å². The Morgan fingerprint density at radius 2 is 2.00 bits per heavy atom. The monoisotopic (exact) mass is 330 g/mol. The van der Waals surface area contributed by atoms with Gasteiger partial charge in [0.15, 0.2) is 5.69 Å². The Hall–Kier alpha value is -2.08. The van der Waals surface area contributed by atoms with Crippen molar-refractivity contribution >= 4 is 17.4 Å². The number of nitrogens with one attached hydrogen (secondary N) is 1. The maximum Gasteiger partial charge on any atom is 0.272 e. The van der Waals surface area contributed by atoms with Crippen LogP contribution < -0.4 is 10.2 Å². The highest BCUT2D eigenvalue weighted by molar-refractivity contribution is 6.00. The van der Waals surface area contributed by atoms with Crippen LogP contribution in [0.4, 0.5) is 5.95 Å². The van der Waals surface area contributed by atoms with Gasteiger partial charge in [0.1, 0.15) is 0 Å². The SMILES string of the molecule is C[C@@H](NC(=O)c1nc(N2CCOCC2)n2ccccc12)C(C)(C)C. The third-order valence-corrected chi connectivity index (χ3v) is 4.69. The lowest BCUT2D eigenvalue weighted by Crippen LogP contribution is -2.41. The Bertz CT molecular complexity index is 726. The van der Waals surface area contributed by atoms with E-state index in [9.17, 15) is 4.79 Å². The molecular formula is C18H26N4O2. The second-order valence-corrected chi connectivity index (χ2v) is 7.38. The molecule has 3 heterocycles. The van der Waals surface area contributed by atoms with Crippen molar-refractivity contribution in [3.8, 4) is 0 Å². The molecule has 0 unspecified atom stereocenters. The van der Waals surface area contributed by atoms with Crippen LogP contribution in [0.5, 0.6) is 0 Å². The van der Waals surface area contributed by atoms with Gasteiger partial charge in [0, 0.05) is 25.3 Å². The van der Waals surface area contributed by atoms with Gasteiger partial charge in [0.2, 0.25) is 5.95 Å². The summed E-state index contributed by atoms with van der Waals surface area (Å²) in [7, 11) is 0. The second kappa shape index (κ2) is 6.43. The maximum atomic E-state index is 12.8. The van der Waals surface area contributed by atoms with Gasteiger partial charge >= 0.3 is 0 Å². The van der Waals surface area contributed by atoms with Crippen LogP contribution >= 0.6 is 0 Å². The molecule has 0 aliphatic carbocycles. The highest BCUT2D eigenvalue weighted by Crippen LogP contribution is 2.23. The lowest BCUT2D eigenvalue weighted by Gasteiger charge is -2.27. The van der Waals surface area contributed by atoms with E-state index < -0.39 is 0 Å². The van der Waals surface area contributed by atoms with Crippen molar-refractivity contribution in [2.24, 2.45) is 5.41 Å². The molecule has 1 fully saturated rings. The molecule has 2 aromatic rings. The number of amides is 1. The van der Waals surface area contributed by atoms with E-state index in [0.717, 1.165) is 24.6 Å². The van der Waals surface area contributed by atoms with Gasteiger partial charge in [-0.1, -0.05) is 26.8 Å². The topological polar surface area (TPSA) is 58.9 Å². The lowest BCUT2D eigenvalue weighted by atomic mass is 9.88. The zero-order chi connectivity index (χ0) is 17.3. The molecule has 0 radical (unpaired) electrons. The first-order chi connectivity index (χ1) is 11.4. The second-order valence-electron chi connectivity index (χ2n) is 7.38. The van der Waals surface area contributed by atoms with Crippen LogP contribution in [0, 0.1) is 5.41 Å². The van der Waals surface area contributed by atoms with E-state index in [1.165, 1.54) is 0 Å². The van der Waals surface area contributed by atoms with E-state index in [-0.39, 0.29) is 17.4 Å². The molecule has 0 aromatic carbocycles. The van der Waals surface area contributed by atoms with Crippen LogP contribution in [0.1, 0.15) is 38.2 Å². The molecule has 130 valence electrons. The molecule has 0 saturated carbocycles. The number of morpholine rings is 1. The summed E-state index contributed by atoms with van der Waals surface area (Å²) in [6.07, 6.45) is 1.96. The Kier molecular flexibility index (Phi) is 4.49. The summed E-state index contributed by atoms with van der Waals surface area (Å²) >= 11 is 0. The van der Waals surface area contributed by atoms with Gasteiger partial charge in [-0.2, -0.15) is 0 Å². The van der Waals surface area contributed by atoms with Crippen LogP contribution in [-0.4, -0.2) is 47.6 Å². The summed E-state index contributed by atoms with van der Waals surface area (Å²) in [5, 5.41) is 3.09. The summed E-state index contributed by atoms with van der Waals surface area (Å²) in [5.74, 6) is 0.683. The van der Waals surface area contributed by atoms with E-state index in [2.05, 4.69) is 36.0 Å². The maximum absolute atomic E-state index is 12.8. The number of fused-ring (bicyclic) bond motifs is 1. The summed E-state index contributed by atoms with van der Waals surface area (Å²) in [4.78, 5) is 19.6. The largest absolute Gasteiger partial charge is 0.378 e. The Labute approximate surface area is 142 Å². The Balaban J connectivity index is 1.95. The highest BCUT2D eigenvalue weighted by Gasteiger charge is 2.26. The average Bonchev–Trinajstić information content (AvgIpc) is 2.94. The molecule has 3 rings (SSSR count). The van der Waals surface area contributed by atoms with Crippen molar-refractivity contribution in [2.45, 2.75) is 33.7 Å². The summed E-state index contributed by atoms with van der Waals surface area (Å²) in [6.45, 7) is 11.3. The first-order valence-electron chi connectivity index (χ1n) is 8.48. The quantitative estimate of drug-likeness (QED) is 0.938. The number of rotatable bonds is 3. The smallest absolute Gasteiger partial charge is 0.272 e. The minimum absolute atomic E-state index is 0.00175. The van der Waals surface area contributed by atoms with Gasteiger partial charge in [-0.05, 0) is 24.5 Å². The molecule has 24 heavy (non-hydrogen) atoms. The molecule has 0 spiro atoms. The number of ether oxygens (including phenoxy) is 1. The average molecular weight is 330 g/mol. The predicted octanol–water partition coefficient (Wildman–Crippen LogP) is 2.34. The van der Waals surface area contributed by atoms with Crippen molar-refractivity contribution in [3.05, 3.63) is 30.1 Å². The number of carbonyl (C=O) groups is 1. The van der Waals surface area contributed by atoms with Crippen molar-refractivity contribution in [2.75, 3.05) is 31.2 Å². The molecule has 2 aromatic heterocycles. The highest BCUT2D eigenvalue weighted by atomic mass is 16.5. The molecule has 0 bridgehead atoms. The fourth-order valence-corrected chi connectivity index (χ4v) is 2.66. The minimum Gasteiger partial charge on any atom is -0.378 e. The van der Waals surface area contributed by atoms with E-state index in [1.807, 2.05) is 35.7 Å². The van der Waals surface area contributed by atoms with Crippen LogP contribution in [0.15, 0.2) is 24.4 Å². The Morgan fingerprint density at radius 3 is 2.67 bits per heavy atom. The third kappa shape index (κ3) is 3.24. The summed E-state index contributed by atoms with van der Waals surface area (Å²) in [5.41, 5.74) is 1.31. The fraction of sp³-hybridized carbons (Fsp3) is 0.556. The van der Waals surface area contributed by atoms with Crippen LogP contribution in [0.2, 0.25) is 0 Å². The van der Waals surface area contributed by atoms with E-state index in [4.69, 9.17) is 4.74 Å². The minimum atomic E-state index is -0.124. The Morgan fingerprint density at radius 1 is 1.29 bits per heavy atom. The molecule has 1 aliphatic rings. The number of anilines is 1. The zero-order valence-corrected chi connectivity index (χ0v) is 14.9. The van der Waals surface area contributed by atoms with Gasteiger partial charge in [-0.15, -0.1) is 0 Å². The number of carbonyl (C=O) groups excluding carboxylic acids is 1. The summed E-state index contributed by atoms with van der Waals surface area (Å²) < 4.78 is 7.41. The van der Waals surface area contributed by atoms with Gasteiger partial charge in [-0.25, -0.2) is 4.98 Å². The number of aromatic nitrogens is 2. The number of imidazole rings is 1. The molecular weight excluding hydrogens is 304 g/mol.